The SMILES string of the molecule is CC(C)Cc1nc(C(=O)N(CC(=O)O)C(C)C)cs1. The van der Waals surface area contributed by atoms with E-state index in [1.54, 1.807) is 19.2 Å². The molecule has 0 aliphatic carbocycles. The number of nitrogens with zero attached hydrogens (tertiary/aromatic N) is 2. The van der Waals surface area contributed by atoms with Crippen molar-refractivity contribution < 1.29 is 14.7 Å². The van der Waals surface area contributed by atoms with Crippen molar-refractivity contribution >= 4 is 23.2 Å². The number of carboxylic acid groups (broad SMARTS) is 1. The molecule has 1 N–H and O–H groups in total. The van der Waals surface area contributed by atoms with Crippen molar-refractivity contribution in [3.63, 3.8) is 0 Å². The molecule has 5 nitrogen and oxygen atoms in total. The minimum atomic E-state index is -1.01. The van der Waals surface area contributed by atoms with E-state index in [4.69, 9.17) is 5.11 Å². The van der Waals surface area contributed by atoms with Crippen LogP contribution in [0.25, 0.3) is 0 Å². The van der Waals surface area contributed by atoms with Crippen LogP contribution in [0, 0.1) is 5.92 Å². The first-order valence-corrected chi connectivity index (χ1v) is 7.16. The van der Waals surface area contributed by atoms with Crippen molar-refractivity contribution in [2.45, 2.75) is 40.2 Å². The highest BCUT2D eigenvalue weighted by molar-refractivity contribution is 7.09. The van der Waals surface area contributed by atoms with Gasteiger partial charge >= 0.3 is 5.97 Å². The van der Waals surface area contributed by atoms with Crippen molar-refractivity contribution in [1.29, 1.82) is 0 Å². The predicted molar refractivity (Wildman–Crippen MR) is 74.5 cm³/mol. The second kappa shape index (κ2) is 6.65. The van der Waals surface area contributed by atoms with Gasteiger partial charge in [0.05, 0.1) is 5.01 Å². The predicted octanol–water partition coefficient (Wildman–Crippen LogP) is 2.28. The molecule has 0 aliphatic heterocycles. The Morgan fingerprint density at radius 2 is 2.00 bits per heavy atom. The van der Waals surface area contributed by atoms with E-state index in [0.717, 1.165) is 11.4 Å². The molecule has 106 valence electrons. The van der Waals surface area contributed by atoms with Gasteiger partial charge in [-0.05, 0) is 19.8 Å². The number of hydrogen-bond acceptors (Lipinski definition) is 4. The number of carbonyl (C=O) groups is 2. The number of carbonyl (C=O) groups excluding carboxylic acids is 1. The van der Waals surface area contributed by atoms with Crippen LogP contribution in [0.2, 0.25) is 0 Å². The van der Waals surface area contributed by atoms with E-state index in [1.807, 2.05) is 0 Å². The van der Waals surface area contributed by atoms with Gasteiger partial charge in [-0.25, -0.2) is 4.98 Å². The van der Waals surface area contributed by atoms with E-state index in [9.17, 15) is 9.59 Å². The number of hydrogen-bond donors (Lipinski definition) is 1. The first-order chi connectivity index (χ1) is 8.81. The summed E-state index contributed by atoms with van der Waals surface area (Å²) in [6.45, 7) is 7.47. The monoisotopic (exact) mass is 284 g/mol. The molecular weight excluding hydrogens is 264 g/mol. The zero-order valence-corrected chi connectivity index (χ0v) is 12.5. The third-order valence-electron chi connectivity index (χ3n) is 2.54. The van der Waals surface area contributed by atoms with E-state index in [0.29, 0.717) is 11.6 Å². The molecule has 19 heavy (non-hydrogen) atoms. The van der Waals surface area contributed by atoms with E-state index in [2.05, 4.69) is 18.8 Å². The van der Waals surface area contributed by atoms with Crippen molar-refractivity contribution in [3.05, 3.63) is 16.1 Å². The molecule has 0 saturated heterocycles. The van der Waals surface area contributed by atoms with Crippen LogP contribution in [0.5, 0.6) is 0 Å². The largest absolute Gasteiger partial charge is 0.480 e. The summed E-state index contributed by atoms with van der Waals surface area (Å²) in [5, 5.41) is 11.5. The zero-order valence-electron chi connectivity index (χ0n) is 11.7. The minimum Gasteiger partial charge on any atom is -0.480 e. The maximum Gasteiger partial charge on any atom is 0.323 e. The molecule has 1 aromatic rings. The summed E-state index contributed by atoms with van der Waals surface area (Å²) in [6.07, 6.45) is 0.832. The summed E-state index contributed by atoms with van der Waals surface area (Å²) in [5.74, 6) is -0.849. The molecular formula is C13H20N2O3S. The first-order valence-electron chi connectivity index (χ1n) is 6.28. The first kappa shape index (κ1) is 15.6. The number of rotatable bonds is 6. The second-order valence-corrected chi connectivity index (χ2v) is 6.09. The Balaban J connectivity index is 2.84. The molecule has 0 spiro atoms. The highest BCUT2D eigenvalue weighted by Crippen LogP contribution is 2.16. The van der Waals surface area contributed by atoms with E-state index in [-0.39, 0.29) is 18.5 Å². The highest BCUT2D eigenvalue weighted by atomic mass is 32.1. The lowest BCUT2D eigenvalue weighted by molar-refractivity contribution is -0.138. The standard InChI is InChI=1S/C13H20N2O3S/c1-8(2)5-11-14-10(7-19-11)13(18)15(9(3)4)6-12(16)17/h7-9H,5-6H2,1-4H3,(H,16,17). The Kier molecular flexibility index (Phi) is 5.47. The Hall–Kier alpha value is -1.43. The molecule has 1 amide bonds. The highest BCUT2D eigenvalue weighted by Gasteiger charge is 2.23. The fourth-order valence-corrected chi connectivity index (χ4v) is 2.62. The lowest BCUT2D eigenvalue weighted by atomic mass is 10.1. The summed E-state index contributed by atoms with van der Waals surface area (Å²) in [7, 11) is 0. The summed E-state index contributed by atoms with van der Waals surface area (Å²) in [5.41, 5.74) is 0.343. The third-order valence-corrected chi connectivity index (χ3v) is 3.41. The van der Waals surface area contributed by atoms with Gasteiger partial charge < -0.3 is 10.0 Å². The average Bonchev–Trinajstić information content (AvgIpc) is 2.71. The number of aromatic nitrogens is 1. The van der Waals surface area contributed by atoms with Gasteiger partial charge in [0.15, 0.2) is 0 Å². The summed E-state index contributed by atoms with van der Waals surface area (Å²) >= 11 is 1.45. The minimum absolute atomic E-state index is 0.168. The van der Waals surface area contributed by atoms with E-state index < -0.39 is 5.97 Å². The van der Waals surface area contributed by atoms with Crippen LogP contribution in [-0.2, 0) is 11.2 Å². The van der Waals surface area contributed by atoms with Gasteiger partial charge in [-0.15, -0.1) is 11.3 Å². The molecule has 0 saturated carbocycles. The smallest absolute Gasteiger partial charge is 0.323 e. The Morgan fingerprint density at radius 3 is 2.47 bits per heavy atom. The van der Waals surface area contributed by atoms with Crippen molar-refractivity contribution in [1.82, 2.24) is 9.88 Å². The van der Waals surface area contributed by atoms with Crippen molar-refractivity contribution in [2.75, 3.05) is 6.54 Å². The van der Waals surface area contributed by atoms with Crippen LogP contribution in [0.15, 0.2) is 5.38 Å². The summed E-state index contributed by atoms with van der Waals surface area (Å²) in [6, 6.07) is -0.168. The topological polar surface area (TPSA) is 70.5 Å². The van der Waals surface area contributed by atoms with Crippen LogP contribution in [0.3, 0.4) is 0 Å². The van der Waals surface area contributed by atoms with Crippen LogP contribution in [0.4, 0.5) is 0 Å². The van der Waals surface area contributed by atoms with Crippen LogP contribution in [0.1, 0.15) is 43.2 Å². The fraction of sp³-hybridized carbons (Fsp3) is 0.615. The van der Waals surface area contributed by atoms with Gasteiger partial charge in [0.1, 0.15) is 12.2 Å². The number of aliphatic carboxylic acids is 1. The maximum absolute atomic E-state index is 12.2. The fourth-order valence-electron chi connectivity index (χ4n) is 1.63. The van der Waals surface area contributed by atoms with E-state index >= 15 is 0 Å². The van der Waals surface area contributed by atoms with Gasteiger partial charge in [-0.1, -0.05) is 13.8 Å². The van der Waals surface area contributed by atoms with Crippen molar-refractivity contribution in [2.24, 2.45) is 5.92 Å². The quantitative estimate of drug-likeness (QED) is 0.870. The molecule has 1 heterocycles. The average molecular weight is 284 g/mol. The van der Waals surface area contributed by atoms with E-state index in [1.165, 1.54) is 16.2 Å². The van der Waals surface area contributed by atoms with Gasteiger partial charge in [-0.3, -0.25) is 9.59 Å². The molecule has 1 aromatic heterocycles. The van der Waals surface area contributed by atoms with Gasteiger partial charge in [0.2, 0.25) is 0 Å². The Labute approximate surface area is 117 Å². The molecule has 0 fully saturated rings. The normalized spacial score (nSPS) is 11.1. The Bertz CT molecular complexity index is 454. The second-order valence-electron chi connectivity index (χ2n) is 5.14. The zero-order chi connectivity index (χ0) is 14.6. The number of amides is 1. The lowest BCUT2D eigenvalue weighted by Gasteiger charge is -2.23. The molecule has 0 aliphatic rings. The van der Waals surface area contributed by atoms with Crippen LogP contribution >= 0.6 is 11.3 Å². The molecule has 0 aromatic carbocycles. The number of carboxylic acids is 1. The third kappa shape index (κ3) is 4.63. The van der Waals surface area contributed by atoms with Crippen molar-refractivity contribution in [3.8, 4) is 0 Å². The molecule has 0 atom stereocenters. The molecule has 1 rings (SSSR count). The van der Waals surface area contributed by atoms with Gasteiger partial charge in [0, 0.05) is 17.8 Å². The van der Waals surface area contributed by atoms with Crippen LogP contribution in [-0.4, -0.2) is 39.5 Å². The molecule has 0 unspecified atom stereocenters. The van der Waals surface area contributed by atoms with Gasteiger partial charge in [-0.2, -0.15) is 0 Å². The summed E-state index contributed by atoms with van der Waals surface area (Å²) in [4.78, 5) is 28.6. The van der Waals surface area contributed by atoms with Crippen LogP contribution < -0.4 is 0 Å². The molecule has 0 bridgehead atoms. The van der Waals surface area contributed by atoms with Gasteiger partial charge in [0.25, 0.3) is 5.91 Å². The number of thiazole rings is 1. The summed E-state index contributed by atoms with van der Waals surface area (Å²) < 4.78 is 0. The molecule has 0 radical (unpaired) electrons. The lowest BCUT2D eigenvalue weighted by Crippen LogP contribution is -2.40. The maximum atomic E-state index is 12.2. The Morgan fingerprint density at radius 1 is 1.37 bits per heavy atom. The molecule has 6 heteroatoms.